The van der Waals surface area contributed by atoms with Crippen LogP contribution >= 0.6 is 0 Å². The highest BCUT2D eigenvalue weighted by molar-refractivity contribution is 5.93. The minimum atomic E-state index is 0.164. The van der Waals surface area contributed by atoms with Crippen molar-refractivity contribution < 1.29 is 4.74 Å². The van der Waals surface area contributed by atoms with Crippen molar-refractivity contribution >= 4 is 5.90 Å². The van der Waals surface area contributed by atoms with E-state index in [4.69, 9.17) is 10.5 Å². The molecular formula is C13H26N2O. The van der Waals surface area contributed by atoms with E-state index in [0.29, 0.717) is 0 Å². The fraction of sp³-hybridized carbons (Fsp3) is 0.769. The molecule has 0 amide bonds. The second-order valence-corrected chi connectivity index (χ2v) is 4.83. The summed E-state index contributed by atoms with van der Waals surface area (Å²) >= 11 is 0. The minimum Gasteiger partial charge on any atom is -0.477 e. The lowest BCUT2D eigenvalue weighted by molar-refractivity contribution is 0.156. The van der Waals surface area contributed by atoms with E-state index in [-0.39, 0.29) is 5.41 Å². The minimum absolute atomic E-state index is 0.164. The third kappa shape index (κ3) is 5.19. The first-order valence-corrected chi connectivity index (χ1v) is 6.09. The molecule has 0 aliphatic carbocycles. The topological polar surface area (TPSA) is 47.6 Å². The fourth-order valence-corrected chi connectivity index (χ4v) is 1.18. The van der Waals surface area contributed by atoms with E-state index in [0.717, 1.165) is 31.0 Å². The summed E-state index contributed by atoms with van der Waals surface area (Å²) in [4.78, 5) is 4.37. The van der Waals surface area contributed by atoms with Crippen molar-refractivity contribution in [3.8, 4) is 0 Å². The molecule has 94 valence electrons. The second-order valence-electron chi connectivity index (χ2n) is 4.83. The van der Waals surface area contributed by atoms with Gasteiger partial charge < -0.3 is 10.5 Å². The maximum atomic E-state index is 5.54. The molecule has 0 saturated carbocycles. The highest BCUT2D eigenvalue weighted by Crippen LogP contribution is 2.22. The molecule has 2 N–H and O–H groups in total. The molecule has 0 aromatic rings. The molecule has 3 nitrogen and oxygen atoms in total. The number of nitrogens with zero attached hydrogens (tertiary/aromatic N) is 1. The standard InChI is InChI=1S/C10H18N2O.C3H8/c1-4-8(5-11)9-12-6-10(2,3)7-13-9;1-3-2/h5H,4,6-7,11H2,1-3H3;3H2,1-2H3/b8-5-;. The van der Waals surface area contributed by atoms with Crippen LogP contribution < -0.4 is 5.73 Å². The van der Waals surface area contributed by atoms with Gasteiger partial charge in [-0.3, -0.25) is 4.99 Å². The first-order chi connectivity index (χ1) is 7.50. The molecule has 0 radical (unpaired) electrons. The van der Waals surface area contributed by atoms with Gasteiger partial charge in [-0.1, -0.05) is 41.0 Å². The molecule has 0 bridgehead atoms. The number of rotatable bonds is 2. The molecule has 0 atom stereocenters. The van der Waals surface area contributed by atoms with E-state index in [2.05, 4.69) is 32.7 Å². The Hall–Kier alpha value is -0.990. The Bertz CT molecular complexity index is 255. The molecule has 1 aliphatic heterocycles. The molecule has 1 aliphatic rings. The van der Waals surface area contributed by atoms with Crippen molar-refractivity contribution in [1.29, 1.82) is 0 Å². The molecule has 0 aromatic carbocycles. The summed E-state index contributed by atoms with van der Waals surface area (Å²) in [6.07, 6.45) is 3.70. The molecule has 1 heterocycles. The molecule has 16 heavy (non-hydrogen) atoms. The Morgan fingerprint density at radius 2 is 2.00 bits per heavy atom. The van der Waals surface area contributed by atoms with Gasteiger partial charge in [0.25, 0.3) is 0 Å². The fourth-order valence-electron chi connectivity index (χ4n) is 1.18. The zero-order valence-electron chi connectivity index (χ0n) is 11.3. The molecule has 0 unspecified atom stereocenters. The van der Waals surface area contributed by atoms with Gasteiger partial charge in [-0.25, -0.2) is 0 Å². The van der Waals surface area contributed by atoms with Crippen molar-refractivity contribution in [3.63, 3.8) is 0 Å². The van der Waals surface area contributed by atoms with Crippen molar-refractivity contribution in [3.05, 3.63) is 11.8 Å². The van der Waals surface area contributed by atoms with Crippen molar-refractivity contribution in [2.75, 3.05) is 13.2 Å². The summed E-state index contributed by atoms with van der Waals surface area (Å²) < 4.78 is 5.54. The van der Waals surface area contributed by atoms with E-state index in [1.165, 1.54) is 6.42 Å². The summed E-state index contributed by atoms with van der Waals surface area (Å²) in [7, 11) is 0. The second kappa shape index (κ2) is 7.31. The molecule has 3 heteroatoms. The zero-order valence-corrected chi connectivity index (χ0v) is 11.3. The van der Waals surface area contributed by atoms with Crippen LogP contribution in [-0.4, -0.2) is 19.0 Å². The Labute approximate surface area is 99.8 Å². The SMILES string of the molecule is CC/C(=C/N)C1=NCC(C)(C)CO1.CCC. The van der Waals surface area contributed by atoms with Crippen LogP contribution in [0.25, 0.3) is 0 Å². The van der Waals surface area contributed by atoms with Gasteiger partial charge in [0.05, 0.1) is 13.2 Å². The van der Waals surface area contributed by atoms with Gasteiger partial charge >= 0.3 is 0 Å². The van der Waals surface area contributed by atoms with Crippen LogP contribution in [0.15, 0.2) is 16.8 Å². The lowest BCUT2D eigenvalue weighted by Gasteiger charge is -2.28. The average molecular weight is 226 g/mol. The molecule has 0 saturated heterocycles. The summed E-state index contributed by atoms with van der Waals surface area (Å²) in [6, 6.07) is 0. The largest absolute Gasteiger partial charge is 0.477 e. The Kier molecular flexibility index (Phi) is 6.86. The summed E-state index contributed by atoms with van der Waals surface area (Å²) in [5.41, 5.74) is 6.62. The lowest BCUT2D eigenvalue weighted by Crippen LogP contribution is -2.31. The van der Waals surface area contributed by atoms with Gasteiger partial charge in [0.1, 0.15) is 0 Å². The summed E-state index contributed by atoms with van der Waals surface area (Å²) in [6.45, 7) is 12.1. The number of ether oxygens (including phenoxy) is 1. The maximum absolute atomic E-state index is 5.54. The third-order valence-corrected chi connectivity index (χ3v) is 2.11. The van der Waals surface area contributed by atoms with Gasteiger partial charge in [-0.15, -0.1) is 0 Å². The van der Waals surface area contributed by atoms with E-state index >= 15 is 0 Å². The van der Waals surface area contributed by atoms with Gasteiger partial charge in [0, 0.05) is 17.2 Å². The van der Waals surface area contributed by atoms with E-state index in [9.17, 15) is 0 Å². The van der Waals surface area contributed by atoms with Crippen LogP contribution in [0.3, 0.4) is 0 Å². The Balaban J connectivity index is 0.000000673. The van der Waals surface area contributed by atoms with E-state index < -0.39 is 0 Å². The number of aliphatic imine (C=N–C) groups is 1. The normalized spacial score (nSPS) is 19.1. The van der Waals surface area contributed by atoms with Gasteiger partial charge in [0.2, 0.25) is 5.90 Å². The molecule has 1 rings (SSSR count). The smallest absolute Gasteiger partial charge is 0.213 e. The number of hydrogen-bond donors (Lipinski definition) is 1. The lowest BCUT2D eigenvalue weighted by atomic mass is 9.94. The van der Waals surface area contributed by atoms with Crippen LogP contribution in [-0.2, 0) is 4.74 Å². The molecule has 0 aromatic heterocycles. The molecule has 0 spiro atoms. The molecular weight excluding hydrogens is 200 g/mol. The van der Waals surface area contributed by atoms with Crippen molar-refractivity contribution in [2.45, 2.75) is 47.5 Å². The van der Waals surface area contributed by atoms with Crippen LogP contribution in [0.2, 0.25) is 0 Å². The third-order valence-electron chi connectivity index (χ3n) is 2.11. The van der Waals surface area contributed by atoms with E-state index in [1.807, 2.05) is 6.92 Å². The van der Waals surface area contributed by atoms with Crippen LogP contribution in [0.4, 0.5) is 0 Å². The van der Waals surface area contributed by atoms with Crippen molar-refractivity contribution in [1.82, 2.24) is 0 Å². The number of hydrogen-bond acceptors (Lipinski definition) is 3. The number of nitrogens with two attached hydrogens (primary N) is 1. The monoisotopic (exact) mass is 226 g/mol. The summed E-state index contributed by atoms with van der Waals surface area (Å²) in [5, 5.41) is 0. The average Bonchev–Trinajstić information content (AvgIpc) is 2.23. The first kappa shape index (κ1) is 15.0. The predicted molar refractivity (Wildman–Crippen MR) is 70.6 cm³/mol. The highest BCUT2D eigenvalue weighted by atomic mass is 16.5. The van der Waals surface area contributed by atoms with Crippen molar-refractivity contribution in [2.24, 2.45) is 16.1 Å². The molecule has 0 fully saturated rings. The van der Waals surface area contributed by atoms with Crippen LogP contribution in [0.5, 0.6) is 0 Å². The quantitative estimate of drug-likeness (QED) is 0.786. The van der Waals surface area contributed by atoms with Crippen LogP contribution in [0, 0.1) is 5.41 Å². The zero-order chi connectivity index (χ0) is 12.6. The van der Waals surface area contributed by atoms with Gasteiger partial charge in [-0.05, 0) is 6.42 Å². The highest BCUT2D eigenvalue weighted by Gasteiger charge is 2.24. The van der Waals surface area contributed by atoms with Crippen LogP contribution in [0.1, 0.15) is 47.5 Å². The Morgan fingerprint density at radius 3 is 2.31 bits per heavy atom. The first-order valence-electron chi connectivity index (χ1n) is 6.09. The van der Waals surface area contributed by atoms with E-state index in [1.54, 1.807) is 6.20 Å². The van der Waals surface area contributed by atoms with Gasteiger partial charge in [0.15, 0.2) is 0 Å². The van der Waals surface area contributed by atoms with Gasteiger partial charge in [-0.2, -0.15) is 0 Å². The maximum Gasteiger partial charge on any atom is 0.213 e. The predicted octanol–water partition coefficient (Wildman–Crippen LogP) is 3.11. The summed E-state index contributed by atoms with van der Waals surface area (Å²) in [5.74, 6) is 0.726. The Morgan fingerprint density at radius 1 is 1.44 bits per heavy atom.